The van der Waals surface area contributed by atoms with Crippen LogP contribution in [0.1, 0.15) is 68.7 Å². The van der Waals surface area contributed by atoms with E-state index in [0.717, 1.165) is 29.1 Å². The van der Waals surface area contributed by atoms with Gasteiger partial charge in [0.2, 0.25) is 0 Å². The molecule has 2 heteroatoms. The van der Waals surface area contributed by atoms with Crippen molar-refractivity contribution in [2.24, 2.45) is 23.7 Å². The molecular weight excluding hydrogens is 290 g/mol. The van der Waals surface area contributed by atoms with Crippen molar-refractivity contribution in [1.82, 2.24) is 0 Å². The van der Waals surface area contributed by atoms with E-state index in [-0.39, 0.29) is 15.8 Å². The van der Waals surface area contributed by atoms with Gasteiger partial charge in [-0.25, -0.2) is 0 Å². The molecule has 0 unspecified atom stereocenters. The van der Waals surface area contributed by atoms with Gasteiger partial charge < -0.3 is 0 Å². The first kappa shape index (κ1) is 21.9. The van der Waals surface area contributed by atoms with E-state index in [1.165, 1.54) is 31.1 Å². The summed E-state index contributed by atoms with van der Waals surface area (Å²) in [6.45, 7) is 21.9. The Balaban J connectivity index is 5.09. The minimum Gasteiger partial charge on any atom is -0.0986 e. The van der Waals surface area contributed by atoms with Crippen molar-refractivity contribution in [3.05, 3.63) is 0 Å². The monoisotopic (exact) mass is 332 g/mol. The van der Waals surface area contributed by atoms with Crippen LogP contribution in [-0.2, 0) is 0 Å². The van der Waals surface area contributed by atoms with Crippen molar-refractivity contribution in [1.29, 1.82) is 0 Å². The molecule has 0 amide bonds. The van der Waals surface area contributed by atoms with Crippen LogP contribution in [0.2, 0.25) is 0 Å². The second kappa shape index (κ2) is 11.4. The zero-order valence-corrected chi connectivity index (χ0v) is 18.1. The highest BCUT2D eigenvalue weighted by atomic mass is 31.2. The van der Waals surface area contributed by atoms with Crippen molar-refractivity contribution in [2.75, 3.05) is 24.6 Å². The molecule has 21 heavy (non-hydrogen) atoms. The first-order valence-corrected chi connectivity index (χ1v) is 12.7. The van der Waals surface area contributed by atoms with E-state index in [0.29, 0.717) is 0 Å². The van der Waals surface area contributed by atoms with Gasteiger partial charge in [-0.2, -0.15) is 0 Å². The molecule has 0 spiro atoms. The molecule has 0 N–H and O–H groups in total. The van der Waals surface area contributed by atoms with Gasteiger partial charge in [-0.15, -0.1) is 0 Å². The minimum absolute atomic E-state index is 0.225. The fourth-order valence-electron chi connectivity index (χ4n) is 3.26. The molecule has 0 aromatic rings. The summed E-state index contributed by atoms with van der Waals surface area (Å²) in [7, 11) is 0.450. The van der Waals surface area contributed by atoms with Gasteiger partial charge >= 0.3 is 0 Å². The molecule has 128 valence electrons. The summed E-state index contributed by atoms with van der Waals surface area (Å²) >= 11 is 0. The predicted molar refractivity (Wildman–Crippen MR) is 107 cm³/mol. The fourth-order valence-corrected chi connectivity index (χ4v) is 12.3. The van der Waals surface area contributed by atoms with E-state index in [9.17, 15) is 0 Å². The average molecular weight is 332 g/mol. The second-order valence-electron chi connectivity index (χ2n) is 8.37. The smallest absolute Gasteiger partial charge is 0.000809 e. The Morgan fingerprint density at radius 2 is 0.762 bits per heavy atom. The van der Waals surface area contributed by atoms with E-state index in [1.807, 2.05) is 0 Å². The second-order valence-corrected chi connectivity index (χ2v) is 13.8. The highest BCUT2D eigenvalue weighted by Gasteiger charge is 2.29. The van der Waals surface area contributed by atoms with Crippen molar-refractivity contribution in [3.8, 4) is 0 Å². The predicted octanol–water partition coefficient (Wildman–Crippen LogP) is 7.31. The van der Waals surface area contributed by atoms with Crippen molar-refractivity contribution >= 4 is 15.8 Å². The number of hydrogen-bond acceptors (Lipinski definition) is 0. The Morgan fingerprint density at radius 3 is 0.905 bits per heavy atom. The Morgan fingerprint density at radius 1 is 0.524 bits per heavy atom. The first-order valence-electron chi connectivity index (χ1n) is 9.15. The highest BCUT2D eigenvalue weighted by Crippen LogP contribution is 2.62. The van der Waals surface area contributed by atoms with E-state index in [1.54, 1.807) is 0 Å². The summed E-state index contributed by atoms with van der Waals surface area (Å²) in [5.41, 5.74) is 0. The van der Waals surface area contributed by atoms with Crippen LogP contribution in [0.5, 0.6) is 0 Å². The molecule has 0 radical (unpaired) electrons. The van der Waals surface area contributed by atoms with Gasteiger partial charge in [-0.1, -0.05) is 78.2 Å². The zero-order valence-electron chi connectivity index (χ0n) is 16.3. The molecule has 0 aliphatic carbocycles. The number of hydrogen-bond donors (Lipinski definition) is 0. The maximum Gasteiger partial charge on any atom is -0.000809 e. The van der Waals surface area contributed by atoms with Crippen LogP contribution in [0.4, 0.5) is 0 Å². The lowest BCUT2D eigenvalue weighted by Crippen LogP contribution is -2.17. The quantitative estimate of drug-likeness (QED) is 0.348. The molecule has 0 aliphatic rings. The van der Waals surface area contributed by atoms with Crippen molar-refractivity contribution < 1.29 is 0 Å². The largest absolute Gasteiger partial charge is 0.0986 e. The van der Waals surface area contributed by atoms with Gasteiger partial charge in [-0.05, 0) is 60.1 Å². The summed E-state index contributed by atoms with van der Waals surface area (Å²) < 4.78 is 0. The summed E-state index contributed by atoms with van der Waals surface area (Å²) in [4.78, 5) is 0. The van der Waals surface area contributed by atoms with E-state index >= 15 is 0 Å². The molecule has 0 nitrogen and oxygen atoms in total. The molecule has 0 bridgehead atoms. The molecule has 0 fully saturated rings. The normalized spacial score (nSPS) is 13.1. The van der Waals surface area contributed by atoms with Crippen LogP contribution in [0, 0.1) is 23.7 Å². The van der Waals surface area contributed by atoms with Crippen LogP contribution < -0.4 is 0 Å². The fraction of sp³-hybridized carbons (Fsp3) is 1.00. The van der Waals surface area contributed by atoms with Gasteiger partial charge in [0, 0.05) is 0 Å². The Kier molecular flexibility index (Phi) is 11.9. The third kappa shape index (κ3) is 10.3. The van der Waals surface area contributed by atoms with Crippen molar-refractivity contribution in [3.63, 3.8) is 0 Å². The lowest BCUT2D eigenvalue weighted by Gasteiger charge is -2.38. The summed E-state index contributed by atoms with van der Waals surface area (Å²) in [6.07, 6.45) is 7.43. The van der Waals surface area contributed by atoms with Crippen LogP contribution >= 0.6 is 15.8 Å². The third-order valence-corrected chi connectivity index (χ3v) is 12.8. The summed E-state index contributed by atoms with van der Waals surface area (Å²) in [6, 6.07) is 0. The molecule has 0 atom stereocenters. The molecule has 0 saturated carbocycles. The van der Waals surface area contributed by atoms with Crippen LogP contribution in [0.15, 0.2) is 0 Å². The maximum atomic E-state index is 2.47. The van der Waals surface area contributed by atoms with E-state index < -0.39 is 0 Å². The Labute approximate surface area is 138 Å². The molecule has 0 rings (SSSR count). The van der Waals surface area contributed by atoms with E-state index in [4.69, 9.17) is 0 Å². The average Bonchev–Trinajstić information content (AvgIpc) is 2.25. The standard InChI is InChI=1S/C19H42P2/c1-10-19(20(11-15(2)3)12-16(4)5)21(13-17(6)7)14-18(8)9/h15-19H,10-14H2,1-9H3. The van der Waals surface area contributed by atoms with Gasteiger partial charge in [-0.3, -0.25) is 0 Å². The third-order valence-electron chi connectivity index (χ3n) is 3.61. The van der Waals surface area contributed by atoms with Gasteiger partial charge in [0.15, 0.2) is 0 Å². The maximum absolute atomic E-state index is 2.47. The van der Waals surface area contributed by atoms with Crippen LogP contribution in [-0.4, -0.2) is 30.0 Å². The summed E-state index contributed by atoms with van der Waals surface area (Å²) in [5, 5.41) is 1.06. The number of rotatable bonds is 11. The van der Waals surface area contributed by atoms with Gasteiger partial charge in [0.1, 0.15) is 0 Å². The van der Waals surface area contributed by atoms with Gasteiger partial charge in [0.05, 0.1) is 0 Å². The lowest BCUT2D eigenvalue weighted by atomic mass is 10.3. The van der Waals surface area contributed by atoms with Crippen LogP contribution in [0.3, 0.4) is 0 Å². The first-order chi connectivity index (χ1) is 9.67. The molecule has 0 aromatic carbocycles. The highest BCUT2D eigenvalue weighted by molar-refractivity contribution is 7.75. The van der Waals surface area contributed by atoms with Crippen molar-refractivity contribution in [2.45, 2.75) is 74.1 Å². The summed E-state index contributed by atoms with van der Waals surface area (Å²) in [5.74, 6) is 3.50. The lowest BCUT2D eigenvalue weighted by molar-refractivity contribution is 0.704. The Bertz CT molecular complexity index is 202. The molecule has 0 aromatic heterocycles. The SMILES string of the molecule is CCC(P(CC(C)C)CC(C)C)P(CC(C)C)CC(C)C. The molecular formula is C19H42P2. The van der Waals surface area contributed by atoms with Gasteiger partial charge in [0.25, 0.3) is 0 Å². The van der Waals surface area contributed by atoms with Crippen LogP contribution in [0.25, 0.3) is 0 Å². The molecule has 0 aliphatic heterocycles. The zero-order chi connectivity index (χ0) is 16.6. The molecule has 0 saturated heterocycles. The topological polar surface area (TPSA) is 0 Å². The Hall–Kier alpha value is 0.860. The van der Waals surface area contributed by atoms with E-state index in [2.05, 4.69) is 62.3 Å². The minimum atomic E-state index is 0.225. The molecule has 0 heterocycles.